The molecule has 1 aliphatic heterocycles. The van der Waals surface area contributed by atoms with E-state index in [9.17, 15) is 14.7 Å². The summed E-state index contributed by atoms with van der Waals surface area (Å²) in [6, 6.07) is 0.0331. The first-order valence-electron chi connectivity index (χ1n) is 12.8. The number of aliphatic imine (C=N–C) groups is 1. The molecule has 2 heterocycles. The van der Waals surface area contributed by atoms with Crippen molar-refractivity contribution < 1.29 is 19.4 Å². The molecule has 3 N–H and O–H groups in total. The van der Waals surface area contributed by atoms with Gasteiger partial charge in [-0.3, -0.25) is 19.6 Å². The van der Waals surface area contributed by atoms with Gasteiger partial charge in [-0.25, -0.2) is 0 Å². The third kappa shape index (κ3) is 7.76. The first kappa shape index (κ1) is 29.6. The van der Waals surface area contributed by atoms with E-state index in [0.29, 0.717) is 11.3 Å². The van der Waals surface area contributed by atoms with Crippen LogP contribution in [0, 0.1) is 5.92 Å². The van der Waals surface area contributed by atoms with Gasteiger partial charge in [0.05, 0.1) is 46.0 Å². The van der Waals surface area contributed by atoms with Crippen molar-refractivity contribution in [3.63, 3.8) is 0 Å². The van der Waals surface area contributed by atoms with Crippen LogP contribution in [0.25, 0.3) is 0 Å². The van der Waals surface area contributed by atoms with Crippen LogP contribution < -0.4 is 5.73 Å². The van der Waals surface area contributed by atoms with Gasteiger partial charge in [0.2, 0.25) is 0 Å². The fourth-order valence-corrected chi connectivity index (χ4v) is 5.82. The molecule has 37 heavy (non-hydrogen) atoms. The van der Waals surface area contributed by atoms with Crippen molar-refractivity contribution in [1.82, 2.24) is 9.88 Å². The zero-order valence-corrected chi connectivity index (χ0v) is 23.6. The molecule has 2 aliphatic rings. The number of Topliss-reactive ketones (excluding diaryl/α,β-unsaturated/α-hetero) is 1. The highest BCUT2D eigenvalue weighted by molar-refractivity contribution is 6.35. The fourth-order valence-electron chi connectivity index (χ4n) is 5.20. The average Bonchev–Trinajstić information content (AvgIpc) is 3.17. The summed E-state index contributed by atoms with van der Waals surface area (Å²) in [4.78, 5) is 35.8. The zero-order chi connectivity index (χ0) is 27.3. The molecule has 1 unspecified atom stereocenters. The highest BCUT2D eigenvalue weighted by Crippen LogP contribution is 2.33. The number of ether oxygens (including phenoxy) is 1. The highest BCUT2D eigenvalue weighted by Gasteiger charge is 2.35. The Balaban J connectivity index is 1.81. The van der Waals surface area contributed by atoms with Crippen LogP contribution in [0.15, 0.2) is 29.2 Å². The van der Waals surface area contributed by atoms with E-state index in [2.05, 4.69) is 4.98 Å². The maximum absolute atomic E-state index is 13.8. The van der Waals surface area contributed by atoms with Crippen molar-refractivity contribution in [2.75, 3.05) is 13.1 Å². The van der Waals surface area contributed by atoms with Gasteiger partial charge in [-0.05, 0) is 66.2 Å². The van der Waals surface area contributed by atoms with E-state index in [1.54, 1.807) is 13.8 Å². The van der Waals surface area contributed by atoms with E-state index in [4.69, 9.17) is 38.7 Å². The molecule has 1 aliphatic carbocycles. The maximum atomic E-state index is 13.8. The SMILES string of the molecule is CC(=O)C1CCC(N=C(C)C(=CN)C(=O)N(CC(O)c2c(Cl)cncc2Cl)C[C@@H]2CCC(C)(C)O2)CC1. The summed E-state index contributed by atoms with van der Waals surface area (Å²) in [5, 5.41) is 11.5. The van der Waals surface area contributed by atoms with Gasteiger partial charge in [-0.1, -0.05) is 23.2 Å². The van der Waals surface area contributed by atoms with Gasteiger partial charge in [-0.15, -0.1) is 0 Å². The van der Waals surface area contributed by atoms with Crippen molar-refractivity contribution in [2.45, 2.75) is 90.1 Å². The van der Waals surface area contributed by atoms with Crippen LogP contribution in [0.1, 0.15) is 77.9 Å². The van der Waals surface area contributed by atoms with E-state index < -0.39 is 6.10 Å². The second-order valence-electron chi connectivity index (χ2n) is 10.7. The topological polar surface area (TPSA) is 118 Å². The number of halogens is 2. The summed E-state index contributed by atoms with van der Waals surface area (Å²) >= 11 is 12.5. The molecular formula is C27H38Cl2N4O4. The van der Waals surface area contributed by atoms with Gasteiger partial charge in [0.25, 0.3) is 5.91 Å². The third-order valence-electron chi connectivity index (χ3n) is 7.32. The molecule has 10 heteroatoms. The number of nitrogens with zero attached hydrogens (tertiary/aromatic N) is 3. The van der Waals surface area contributed by atoms with Crippen LogP contribution in [-0.2, 0) is 14.3 Å². The average molecular weight is 554 g/mol. The standard InChI is InChI=1S/C27H38Cl2N4O4/c1-16(32-19-7-5-18(6-8-19)17(2)34)21(11-30)26(36)33(14-20-9-10-27(3,4)37-20)15-24(35)25-22(28)12-31-13-23(25)29/h11-13,18-20,24,35H,5-10,14-15,30H2,1-4H3/t18?,19?,20-,24?/m0/s1. The van der Waals surface area contributed by atoms with Gasteiger partial charge in [0, 0.05) is 42.3 Å². The lowest BCUT2D eigenvalue weighted by Gasteiger charge is -2.30. The second kappa shape index (κ2) is 12.7. The van der Waals surface area contributed by atoms with E-state index in [1.165, 1.54) is 23.5 Å². The number of carbonyl (C=O) groups is 2. The summed E-state index contributed by atoms with van der Waals surface area (Å²) in [7, 11) is 0. The third-order valence-corrected chi connectivity index (χ3v) is 7.92. The normalized spacial score (nSPS) is 25.1. The summed E-state index contributed by atoms with van der Waals surface area (Å²) in [6.45, 7) is 7.66. The van der Waals surface area contributed by atoms with Crippen LogP contribution in [0.2, 0.25) is 10.0 Å². The minimum Gasteiger partial charge on any atom is -0.404 e. The smallest absolute Gasteiger partial charge is 0.257 e. The lowest BCUT2D eigenvalue weighted by molar-refractivity contribution is -0.131. The molecule has 1 amide bonds. The Labute approximate surface area is 229 Å². The number of aliphatic hydroxyl groups is 1. The molecular weight excluding hydrogens is 515 g/mol. The first-order valence-corrected chi connectivity index (χ1v) is 13.6. The van der Waals surface area contributed by atoms with Crippen molar-refractivity contribution in [2.24, 2.45) is 16.6 Å². The molecule has 1 aromatic heterocycles. The molecule has 0 aromatic carbocycles. The molecule has 204 valence electrons. The number of aliphatic hydroxyl groups excluding tert-OH is 1. The number of pyridine rings is 1. The molecule has 3 rings (SSSR count). The maximum Gasteiger partial charge on any atom is 0.257 e. The number of rotatable bonds is 9. The summed E-state index contributed by atoms with van der Waals surface area (Å²) in [6.07, 6.45) is 7.60. The molecule has 1 saturated carbocycles. The molecule has 1 saturated heterocycles. The predicted molar refractivity (Wildman–Crippen MR) is 146 cm³/mol. The summed E-state index contributed by atoms with van der Waals surface area (Å²) in [5.41, 5.74) is 6.78. The van der Waals surface area contributed by atoms with Crippen LogP contribution in [-0.4, -0.2) is 63.2 Å². The lowest BCUT2D eigenvalue weighted by atomic mass is 9.84. The van der Waals surface area contributed by atoms with E-state index in [-0.39, 0.29) is 64.1 Å². The Bertz CT molecular complexity index is 1030. The first-order chi connectivity index (χ1) is 17.4. The van der Waals surface area contributed by atoms with E-state index in [0.717, 1.165) is 38.5 Å². The van der Waals surface area contributed by atoms with Gasteiger partial charge in [0.1, 0.15) is 5.78 Å². The Morgan fingerprint density at radius 2 is 1.84 bits per heavy atom. The van der Waals surface area contributed by atoms with Crippen molar-refractivity contribution in [3.05, 3.63) is 39.8 Å². The minimum absolute atomic E-state index is 0.0331. The Kier molecular flexibility index (Phi) is 10.1. The number of aromatic nitrogens is 1. The number of carbonyl (C=O) groups excluding carboxylic acids is 2. The quantitative estimate of drug-likeness (QED) is 0.339. The van der Waals surface area contributed by atoms with Gasteiger partial charge < -0.3 is 20.5 Å². The van der Waals surface area contributed by atoms with E-state index in [1.807, 2.05) is 13.8 Å². The molecule has 2 fully saturated rings. The molecule has 0 spiro atoms. The number of nitrogens with two attached hydrogens (primary N) is 1. The lowest BCUT2D eigenvalue weighted by Crippen LogP contribution is -2.42. The molecule has 1 aromatic rings. The van der Waals surface area contributed by atoms with Crippen molar-refractivity contribution >= 4 is 40.6 Å². The van der Waals surface area contributed by atoms with Gasteiger partial charge in [0.15, 0.2) is 0 Å². The number of hydrogen-bond acceptors (Lipinski definition) is 7. The number of hydrogen-bond donors (Lipinski definition) is 2. The molecule has 0 bridgehead atoms. The van der Waals surface area contributed by atoms with Crippen molar-refractivity contribution in [3.8, 4) is 0 Å². The fraction of sp³-hybridized carbons (Fsp3) is 0.630. The Morgan fingerprint density at radius 1 is 1.22 bits per heavy atom. The molecule has 0 radical (unpaired) electrons. The van der Waals surface area contributed by atoms with Gasteiger partial charge in [-0.2, -0.15) is 0 Å². The minimum atomic E-state index is -1.14. The summed E-state index contributed by atoms with van der Waals surface area (Å²) < 4.78 is 6.14. The number of ketones is 1. The predicted octanol–water partition coefficient (Wildman–Crippen LogP) is 4.66. The Morgan fingerprint density at radius 3 is 2.35 bits per heavy atom. The largest absolute Gasteiger partial charge is 0.404 e. The molecule has 8 nitrogen and oxygen atoms in total. The highest BCUT2D eigenvalue weighted by atomic mass is 35.5. The summed E-state index contributed by atoms with van der Waals surface area (Å²) in [5.74, 6) is -0.0370. The zero-order valence-electron chi connectivity index (χ0n) is 22.0. The van der Waals surface area contributed by atoms with Crippen LogP contribution >= 0.6 is 23.2 Å². The van der Waals surface area contributed by atoms with Gasteiger partial charge >= 0.3 is 0 Å². The number of amides is 1. The van der Waals surface area contributed by atoms with E-state index >= 15 is 0 Å². The van der Waals surface area contributed by atoms with Crippen LogP contribution in [0.5, 0.6) is 0 Å². The monoisotopic (exact) mass is 552 g/mol. The van der Waals surface area contributed by atoms with Crippen LogP contribution in [0.4, 0.5) is 0 Å². The second-order valence-corrected chi connectivity index (χ2v) is 11.5. The van der Waals surface area contributed by atoms with Crippen molar-refractivity contribution in [1.29, 1.82) is 0 Å². The Hall–Kier alpha value is -2.00. The van der Waals surface area contributed by atoms with Crippen LogP contribution in [0.3, 0.4) is 0 Å². The molecule has 2 atom stereocenters.